The predicted molar refractivity (Wildman–Crippen MR) is 156 cm³/mol. The first-order valence-corrected chi connectivity index (χ1v) is 17.5. The minimum Gasteiger partial charge on any atom is -0.491 e. The van der Waals surface area contributed by atoms with Gasteiger partial charge in [0.1, 0.15) is 18.5 Å². The number of aryl methyl sites for hydroxylation is 1. The van der Waals surface area contributed by atoms with Gasteiger partial charge in [-0.15, -0.1) is 0 Å². The molecule has 3 aliphatic rings. The van der Waals surface area contributed by atoms with E-state index in [4.69, 9.17) is 9.47 Å². The van der Waals surface area contributed by atoms with Crippen LogP contribution in [0.1, 0.15) is 37.7 Å². The van der Waals surface area contributed by atoms with E-state index in [1.165, 1.54) is 16.4 Å². The van der Waals surface area contributed by atoms with Crippen LogP contribution >= 0.6 is 15.9 Å². The second-order valence-electron chi connectivity index (χ2n) is 11.4. The van der Waals surface area contributed by atoms with Crippen molar-refractivity contribution in [1.29, 1.82) is 0 Å². The Kier molecular flexibility index (Phi) is 8.91. The minimum absolute atomic E-state index is 0.0172. The van der Waals surface area contributed by atoms with Crippen molar-refractivity contribution in [3.05, 3.63) is 52.5 Å². The third-order valence-electron chi connectivity index (χ3n) is 8.48. The molecule has 0 aromatic heterocycles. The Bertz CT molecular complexity index is 1470. The fourth-order valence-electron chi connectivity index (χ4n) is 5.57. The van der Waals surface area contributed by atoms with E-state index in [0.717, 1.165) is 16.5 Å². The largest absolute Gasteiger partial charge is 0.491 e. The van der Waals surface area contributed by atoms with Crippen molar-refractivity contribution >= 4 is 35.8 Å². The fourth-order valence-corrected chi connectivity index (χ4v) is 9.18. The van der Waals surface area contributed by atoms with Crippen molar-refractivity contribution in [2.75, 3.05) is 39.5 Å². The third kappa shape index (κ3) is 6.37. The monoisotopic (exact) mass is 672 g/mol. The molecule has 2 atom stereocenters. The zero-order chi connectivity index (χ0) is 29.5. The number of nitrogens with one attached hydrogen (secondary N) is 1. The average Bonchev–Trinajstić information content (AvgIpc) is 3.69. The van der Waals surface area contributed by atoms with Crippen molar-refractivity contribution in [3.63, 3.8) is 0 Å². The van der Waals surface area contributed by atoms with Gasteiger partial charge in [-0.1, -0.05) is 22.0 Å². The van der Waals surface area contributed by atoms with Gasteiger partial charge in [0.2, 0.25) is 10.0 Å². The van der Waals surface area contributed by atoms with Gasteiger partial charge in [0, 0.05) is 30.1 Å². The second-order valence-corrected chi connectivity index (χ2v) is 16.5. The number of sulfonamides is 1. The van der Waals surface area contributed by atoms with Crippen LogP contribution in [0.5, 0.6) is 5.75 Å². The summed E-state index contributed by atoms with van der Waals surface area (Å²) in [4.78, 5) is 0.399. The fraction of sp³-hybridized carbons (Fsp3) is 0.571. The first kappa shape index (κ1) is 30.9. The molecule has 0 amide bonds. The number of hydrogen-bond donors (Lipinski definition) is 3. The average molecular weight is 674 g/mol. The van der Waals surface area contributed by atoms with Crippen LogP contribution < -0.4 is 10.1 Å². The van der Waals surface area contributed by atoms with E-state index in [9.17, 15) is 27.0 Å². The van der Waals surface area contributed by atoms with E-state index >= 15 is 0 Å². The molecule has 41 heavy (non-hydrogen) atoms. The van der Waals surface area contributed by atoms with Crippen LogP contribution in [0, 0.1) is 6.92 Å². The minimum atomic E-state index is -3.66. The number of aliphatic hydroxyl groups excluding tert-OH is 2. The Morgan fingerprint density at radius 2 is 1.83 bits per heavy atom. The standard InChI is InChI=1S/C28H37BrN2O8S2/c1-20-13-25(5-6-26(20)29)41(36,37)31-11-9-27(10-12-31)15-21(17-39-27)30-16-22(33)18-38-23-3-2-4-24(14-23)40(34,35)28(19-32)7-8-28/h2-6,13-14,21-22,30,32-33H,7-12,15-19H2,1H3/t21-,22+/m1/s1. The molecular weight excluding hydrogens is 636 g/mol. The molecule has 0 radical (unpaired) electrons. The van der Waals surface area contributed by atoms with Crippen molar-refractivity contribution in [2.45, 2.75) is 71.3 Å². The van der Waals surface area contributed by atoms with Gasteiger partial charge >= 0.3 is 0 Å². The topological polar surface area (TPSA) is 142 Å². The highest BCUT2D eigenvalue weighted by Gasteiger charge is 2.54. The molecule has 0 unspecified atom stereocenters. The SMILES string of the molecule is Cc1cc(S(=O)(=O)N2CCC3(CC2)C[C@@H](NC[C@H](O)COc2cccc(S(=O)(=O)C4(CO)CC4)c2)CO3)ccc1Br. The summed E-state index contributed by atoms with van der Waals surface area (Å²) in [5.41, 5.74) is 0.478. The second kappa shape index (κ2) is 11.8. The lowest BCUT2D eigenvalue weighted by Crippen LogP contribution is -2.47. The van der Waals surface area contributed by atoms with Crippen LogP contribution in [0.15, 0.2) is 56.7 Å². The van der Waals surface area contributed by atoms with Gasteiger partial charge in [-0.2, -0.15) is 4.31 Å². The number of benzene rings is 2. The maximum absolute atomic E-state index is 13.2. The Labute approximate surface area is 250 Å². The summed E-state index contributed by atoms with van der Waals surface area (Å²) in [5.74, 6) is 0.335. The van der Waals surface area contributed by atoms with Crippen molar-refractivity contribution in [1.82, 2.24) is 9.62 Å². The number of hydrogen-bond acceptors (Lipinski definition) is 9. The van der Waals surface area contributed by atoms with Gasteiger partial charge in [0.05, 0.1) is 33.4 Å². The highest BCUT2D eigenvalue weighted by atomic mass is 79.9. The number of halogens is 1. The quantitative estimate of drug-likeness (QED) is 0.328. The Morgan fingerprint density at radius 1 is 1.10 bits per heavy atom. The molecule has 10 nitrogen and oxygen atoms in total. The summed E-state index contributed by atoms with van der Waals surface area (Å²) in [6, 6.07) is 11.2. The van der Waals surface area contributed by atoms with Gasteiger partial charge < -0.3 is 25.0 Å². The molecule has 13 heteroatoms. The van der Waals surface area contributed by atoms with E-state index in [1.807, 2.05) is 6.92 Å². The number of rotatable bonds is 11. The van der Waals surface area contributed by atoms with Crippen molar-refractivity contribution < 1.29 is 36.5 Å². The molecule has 5 rings (SSSR count). The Balaban J connectivity index is 1.08. The maximum Gasteiger partial charge on any atom is 0.243 e. The van der Waals surface area contributed by atoms with Gasteiger partial charge in [0.15, 0.2) is 9.84 Å². The third-order valence-corrected chi connectivity index (χ3v) is 13.8. The maximum atomic E-state index is 13.2. The van der Waals surface area contributed by atoms with Gasteiger partial charge in [-0.3, -0.25) is 0 Å². The van der Waals surface area contributed by atoms with E-state index in [2.05, 4.69) is 21.2 Å². The normalized spacial score (nSPS) is 23.0. The van der Waals surface area contributed by atoms with E-state index < -0.39 is 37.3 Å². The molecule has 1 spiro atoms. The Hall–Kier alpha value is -1.58. The predicted octanol–water partition coefficient (Wildman–Crippen LogP) is 2.40. The lowest BCUT2D eigenvalue weighted by molar-refractivity contribution is -0.0312. The molecule has 2 aliphatic heterocycles. The number of ether oxygens (including phenoxy) is 2. The molecule has 226 valence electrons. The molecule has 2 saturated heterocycles. The molecule has 2 aromatic carbocycles. The molecule has 3 fully saturated rings. The van der Waals surface area contributed by atoms with E-state index in [1.54, 1.807) is 30.3 Å². The molecule has 3 N–H and O–H groups in total. The summed E-state index contributed by atoms with van der Waals surface area (Å²) >= 11 is 3.42. The summed E-state index contributed by atoms with van der Waals surface area (Å²) in [6.45, 7) is 2.94. The van der Waals surface area contributed by atoms with Crippen LogP contribution in [-0.2, 0) is 24.6 Å². The molecule has 2 aromatic rings. The zero-order valence-corrected chi connectivity index (χ0v) is 26.2. The summed E-state index contributed by atoms with van der Waals surface area (Å²) in [7, 11) is -7.24. The number of sulfone groups is 1. The van der Waals surface area contributed by atoms with Gasteiger partial charge in [0.25, 0.3) is 0 Å². The number of nitrogens with zero attached hydrogens (tertiary/aromatic N) is 1. The van der Waals surface area contributed by atoms with E-state index in [-0.39, 0.29) is 29.7 Å². The van der Waals surface area contributed by atoms with Crippen LogP contribution in [0.25, 0.3) is 0 Å². The summed E-state index contributed by atoms with van der Waals surface area (Å²) in [5, 5.41) is 23.4. The summed E-state index contributed by atoms with van der Waals surface area (Å²) in [6.07, 6.45) is 1.97. The molecule has 2 heterocycles. The lowest BCUT2D eigenvalue weighted by Gasteiger charge is -2.38. The lowest BCUT2D eigenvalue weighted by atomic mass is 9.88. The molecule has 0 bridgehead atoms. The van der Waals surface area contributed by atoms with Crippen LogP contribution in [0.3, 0.4) is 0 Å². The summed E-state index contributed by atoms with van der Waals surface area (Å²) < 4.78 is 65.2. The van der Waals surface area contributed by atoms with Gasteiger partial charge in [-0.05, 0) is 81.0 Å². The molecular formula is C28H37BrN2O8S2. The smallest absolute Gasteiger partial charge is 0.243 e. The van der Waals surface area contributed by atoms with E-state index in [0.29, 0.717) is 56.0 Å². The highest BCUT2D eigenvalue weighted by Crippen LogP contribution is 2.46. The first-order chi connectivity index (χ1) is 19.4. The molecule has 1 saturated carbocycles. The van der Waals surface area contributed by atoms with Crippen molar-refractivity contribution in [3.8, 4) is 5.75 Å². The zero-order valence-electron chi connectivity index (χ0n) is 23.0. The van der Waals surface area contributed by atoms with Crippen molar-refractivity contribution in [2.24, 2.45) is 0 Å². The first-order valence-electron chi connectivity index (χ1n) is 13.8. The van der Waals surface area contributed by atoms with Crippen LogP contribution in [0.4, 0.5) is 0 Å². The Morgan fingerprint density at radius 3 is 2.49 bits per heavy atom. The highest BCUT2D eigenvalue weighted by molar-refractivity contribution is 9.10. The van der Waals surface area contributed by atoms with Gasteiger partial charge in [-0.25, -0.2) is 16.8 Å². The molecule has 1 aliphatic carbocycles. The number of aliphatic hydroxyl groups is 2. The van der Waals surface area contributed by atoms with Crippen LogP contribution in [-0.4, -0.2) is 93.3 Å². The van der Waals surface area contributed by atoms with Crippen LogP contribution in [0.2, 0.25) is 0 Å². The number of piperidine rings is 1.